The van der Waals surface area contributed by atoms with Crippen LogP contribution in [0.1, 0.15) is 41.5 Å². The predicted molar refractivity (Wildman–Crippen MR) is 144 cm³/mol. The van der Waals surface area contributed by atoms with Crippen molar-refractivity contribution < 1.29 is 44.3 Å². The molecular weight excluding hydrogens is 600 g/mol. The zero-order chi connectivity index (χ0) is 31.6. The molecule has 1 aliphatic carbocycles. The number of amides is 2. The summed E-state index contributed by atoms with van der Waals surface area (Å²) in [6.07, 6.45) is -8.77. The second kappa shape index (κ2) is 12.4. The van der Waals surface area contributed by atoms with Gasteiger partial charge in [0.1, 0.15) is 0 Å². The molecule has 3 aromatic carbocycles. The number of rotatable bonds is 8. The van der Waals surface area contributed by atoms with E-state index in [1.165, 1.54) is 6.07 Å². The molecule has 0 aromatic heterocycles. The van der Waals surface area contributed by atoms with E-state index in [0.717, 1.165) is 0 Å². The summed E-state index contributed by atoms with van der Waals surface area (Å²) in [4.78, 5) is 25.8. The van der Waals surface area contributed by atoms with E-state index in [0.29, 0.717) is 48.1 Å². The van der Waals surface area contributed by atoms with Gasteiger partial charge in [0.2, 0.25) is 21.8 Å². The monoisotopic (exact) mass is 627 g/mol. The molecule has 1 fully saturated rings. The number of nitrogens with two attached hydrogens (primary N) is 1. The number of carbonyl (C=O) groups excluding carboxylic acids is 2. The van der Waals surface area contributed by atoms with Crippen molar-refractivity contribution in [1.82, 2.24) is 10.6 Å². The quantitative estimate of drug-likeness (QED) is 0.291. The summed E-state index contributed by atoms with van der Waals surface area (Å²) >= 11 is 0. The van der Waals surface area contributed by atoms with Crippen LogP contribution in [0.15, 0.2) is 71.6 Å². The first kappa shape index (κ1) is 32.0. The summed E-state index contributed by atoms with van der Waals surface area (Å²) in [5, 5.41) is 10.5. The molecule has 0 heterocycles. The smallest absolute Gasteiger partial charge is 0.352 e. The first-order valence-electron chi connectivity index (χ1n) is 13.1. The standard InChI is InChI=1S/C29H27F6N3O4S/c30-28(31,32)20-12-18(13-21(14-20)29(33,34)35)16-38-27(40)24-6-3-5-23(24)26(39)37-15-17-8-10-19(11-9-17)22-4-1-2-7-25(22)43(36,41)42/h1-2,4,7-14,23-24H,3,5-6,15-16H2,(H,37,39)(H,38,40)(H2,36,41,42). The molecule has 14 heteroatoms. The lowest BCUT2D eigenvalue weighted by Gasteiger charge is -2.20. The van der Waals surface area contributed by atoms with Crippen molar-refractivity contribution in [3.05, 3.63) is 89.0 Å². The number of hydrogen-bond acceptors (Lipinski definition) is 4. The van der Waals surface area contributed by atoms with Gasteiger partial charge in [0.15, 0.2) is 0 Å². The fraction of sp³-hybridized carbons (Fsp3) is 0.310. The van der Waals surface area contributed by atoms with Crippen LogP contribution < -0.4 is 15.8 Å². The first-order valence-corrected chi connectivity index (χ1v) is 14.6. The van der Waals surface area contributed by atoms with Crippen molar-refractivity contribution in [2.75, 3.05) is 0 Å². The third-order valence-corrected chi connectivity index (χ3v) is 8.20. The SMILES string of the molecule is NS(=O)(=O)c1ccccc1-c1ccc(CNC(=O)C2CCCC2C(=O)NCc2cc(C(F)(F)F)cc(C(F)(F)F)c2)cc1. The molecule has 0 bridgehead atoms. The van der Waals surface area contributed by atoms with Gasteiger partial charge in [0, 0.05) is 30.5 Å². The predicted octanol–water partition coefficient (Wildman–Crippen LogP) is 5.39. The Hall–Kier alpha value is -3.91. The Morgan fingerprint density at radius 3 is 1.72 bits per heavy atom. The van der Waals surface area contributed by atoms with Crippen LogP contribution in [0.25, 0.3) is 11.1 Å². The third kappa shape index (κ3) is 7.93. The molecule has 230 valence electrons. The number of halogens is 6. The molecule has 0 saturated heterocycles. The molecule has 3 aromatic rings. The van der Waals surface area contributed by atoms with Crippen molar-refractivity contribution in [2.24, 2.45) is 17.0 Å². The number of primary sulfonamides is 1. The molecule has 43 heavy (non-hydrogen) atoms. The van der Waals surface area contributed by atoms with E-state index in [2.05, 4.69) is 10.6 Å². The second-order valence-electron chi connectivity index (χ2n) is 10.2. The molecule has 0 aliphatic heterocycles. The van der Waals surface area contributed by atoms with Gasteiger partial charge < -0.3 is 10.6 Å². The maximum Gasteiger partial charge on any atom is 0.416 e. The van der Waals surface area contributed by atoms with Gasteiger partial charge >= 0.3 is 12.4 Å². The van der Waals surface area contributed by atoms with Gasteiger partial charge in [-0.3, -0.25) is 9.59 Å². The summed E-state index contributed by atoms with van der Waals surface area (Å²) in [5.41, 5.74) is -1.63. The Labute approximate surface area is 243 Å². The molecule has 1 aliphatic rings. The molecular formula is C29H27F6N3O4S. The highest BCUT2D eigenvalue weighted by atomic mass is 32.2. The van der Waals surface area contributed by atoms with Crippen molar-refractivity contribution >= 4 is 21.8 Å². The van der Waals surface area contributed by atoms with Gasteiger partial charge in [-0.2, -0.15) is 26.3 Å². The molecule has 4 rings (SSSR count). The van der Waals surface area contributed by atoms with Crippen LogP contribution in [0.4, 0.5) is 26.3 Å². The summed E-state index contributed by atoms with van der Waals surface area (Å²) < 4.78 is 103. The van der Waals surface area contributed by atoms with Crippen LogP contribution in [-0.2, 0) is 45.1 Å². The largest absolute Gasteiger partial charge is 0.416 e. The van der Waals surface area contributed by atoms with Crippen molar-refractivity contribution in [3.8, 4) is 11.1 Å². The third-order valence-electron chi connectivity index (χ3n) is 7.23. The fourth-order valence-electron chi connectivity index (χ4n) is 5.11. The van der Waals surface area contributed by atoms with Gasteiger partial charge in [-0.15, -0.1) is 0 Å². The van der Waals surface area contributed by atoms with E-state index < -0.39 is 63.7 Å². The number of hydrogen-bond donors (Lipinski definition) is 3. The van der Waals surface area contributed by atoms with Gasteiger partial charge in [-0.1, -0.05) is 48.9 Å². The van der Waals surface area contributed by atoms with E-state index in [9.17, 15) is 44.3 Å². The van der Waals surface area contributed by atoms with Crippen LogP contribution in [0.3, 0.4) is 0 Å². The van der Waals surface area contributed by atoms with Crippen molar-refractivity contribution in [1.29, 1.82) is 0 Å². The van der Waals surface area contributed by atoms with Crippen LogP contribution >= 0.6 is 0 Å². The van der Waals surface area contributed by atoms with E-state index in [-0.39, 0.29) is 23.1 Å². The Bertz CT molecular complexity index is 1570. The summed E-state index contributed by atoms with van der Waals surface area (Å²) in [6.45, 7) is -0.469. The van der Waals surface area contributed by atoms with E-state index >= 15 is 0 Å². The van der Waals surface area contributed by atoms with E-state index in [1.807, 2.05) is 0 Å². The minimum atomic E-state index is -5.01. The zero-order valence-corrected chi connectivity index (χ0v) is 23.2. The van der Waals surface area contributed by atoms with Gasteiger partial charge in [-0.05, 0) is 53.8 Å². The van der Waals surface area contributed by atoms with Gasteiger partial charge in [-0.25, -0.2) is 13.6 Å². The average Bonchev–Trinajstić information content (AvgIpc) is 3.44. The van der Waals surface area contributed by atoms with Crippen LogP contribution in [0.5, 0.6) is 0 Å². The fourth-order valence-corrected chi connectivity index (χ4v) is 5.87. The molecule has 7 nitrogen and oxygen atoms in total. The maximum atomic E-state index is 13.1. The summed E-state index contributed by atoms with van der Waals surface area (Å²) in [6, 6.07) is 14.1. The van der Waals surface area contributed by atoms with Crippen LogP contribution in [0, 0.1) is 11.8 Å². The Kier molecular flexibility index (Phi) is 9.21. The number of carbonyl (C=O) groups is 2. The lowest BCUT2D eigenvalue weighted by molar-refractivity contribution is -0.143. The number of benzene rings is 3. The Morgan fingerprint density at radius 1 is 0.744 bits per heavy atom. The minimum Gasteiger partial charge on any atom is -0.352 e. The number of alkyl halides is 6. The number of nitrogens with one attached hydrogen (secondary N) is 2. The van der Waals surface area contributed by atoms with Crippen molar-refractivity contribution in [2.45, 2.75) is 49.6 Å². The Morgan fingerprint density at radius 2 is 1.23 bits per heavy atom. The highest BCUT2D eigenvalue weighted by Crippen LogP contribution is 2.37. The van der Waals surface area contributed by atoms with E-state index in [4.69, 9.17) is 5.14 Å². The molecule has 0 radical (unpaired) electrons. The lowest BCUT2D eigenvalue weighted by atomic mass is 9.94. The topological polar surface area (TPSA) is 118 Å². The van der Waals surface area contributed by atoms with Crippen LogP contribution in [0.2, 0.25) is 0 Å². The zero-order valence-electron chi connectivity index (χ0n) is 22.4. The summed E-state index contributed by atoms with van der Waals surface area (Å²) in [7, 11) is -3.95. The molecule has 4 N–H and O–H groups in total. The normalized spacial score (nSPS) is 17.5. The summed E-state index contributed by atoms with van der Waals surface area (Å²) in [5.74, 6) is -2.58. The van der Waals surface area contributed by atoms with Crippen molar-refractivity contribution in [3.63, 3.8) is 0 Å². The highest BCUT2D eigenvalue weighted by Gasteiger charge is 2.39. The molecule has 2 amide bonds. The number of sulfonamides is 1. The lowest BCUT2D eigenvalue weighted by Crippen LogP contribution is -2.39. The first-order chi connectivity index (χ1) is 20.0. The van der Waals surface area contributed by atoms with E-state index in [1.54, 1.807) is 42.5 Å². The Balaban J connectivity index is 1.38. The minimum absolute atomic E-state index is 0.0136. The van der Waals surface area contributed by atoms with Crippen LogP contribution in [-0.4, -0.2) is 20.2 Å². The van der Waals surface area contributed by atoms with Gasteiger partial charge in [0.05, 0.1) is 16.0 Å². The average molecular weight is 628 g/mol. The highest BCUT2D eigenvalue weighted by molar-refractivity contribution is 7.89. The van der Waals surface area contributed by atoms with Gasteiger partial charge in [0.25, 0.3) is 0 Å². The second-order valence-corrected chi connectivity index (χ2v) is 11.8. The molecule has 0 spiro atoms. The molecule has 2 atom stereocenters. The molecule has 1 saturated carbocycles. The maximum absolute atomic E-state index is 13.1. The molecule has 2 unspecified atom stereocenters.